The molecule has 0 N–H and O–H groups in total. The van der Waals surface area contributed by atoms with Crippen LogP contribution in [0.25, 0.3) is 11.4 Å². The van der Waals surface area contributed by atoms with Crippen LogP contribution >= 0.6 is 0 Å². The molecule has 28 heavy (non-hydrogen) atoms. The van der Waals surface area contributed by atoms with Crippen molar-refractivity contribution in [1.82, 2.24) is 10.1 Å². The topological polar surface area (TPSA) is 85.3 Å². The third-order valence-corrected chi connectivity index (χ3v) is 4.78. The number of non-ortho nitro benzene ring substituents is 1. The Kier molecular flexibility index (Phi) is 4.72. The molecule has 2 heterocycles. The molecule has 0 amide bonds. The highest BCUT2D eigenvalue weighted by Crippen LogP contribution is 2.32. The maximum Gasteiger partial charge on any atom is 0.272 e. The molecule has 4 rings (SSSR count). The minimum absolute atomic E-state index is 0.113. The van der Waals surface area contributed by atoms with Crippen LogP contribution in [0.1, 0.15) is 24.7 Å². The number of nitrogens with zero attached hydrogens (tertiary/aromatic N) is 4. The number of hydrogen-bond acceptors (Lipinski definition) is 6. The zero-order valence-corrected chi connectivity index (χ0v) is 14.7. The van der Waals surface area contributed by atoms with E-state index < -0.39 is 10.7 Å². The number of nitro benzene ring substituents is 1. The van der Waals surface area contributed by atoms with E-state index in [4.69, 9.17) is 4.52 Å². The number of benzene rings is 2. The van der Waals surface area contributed by atoms with Gasteiger partial charge in [0.1, 0.15) is 5.82 Å². The lowest BCUT2D eigenvalue weighted by Gasteiger charge is -2.32. The van der Waals surface area contributed by atoms with Crippen molar-refractivity contribution in [2.45, 2.75) is 18.8 Å². The van der Waals surface area contributed by atoms with Crippen LogP contribution in [0.2, 0.25) is 0 Å². The van der Waals surface area contributed by atoms with Crippen molar-refractivity contribution in [3.05, 3.63) is 70.1 Å². The van der Waals surface area contributed by atoms with Crippen LogP contribution < -0.4 is 4.90 Å². The van der Waals surface area contributed by atoms with E-state index >= 15 is 0 Å². The van der Waals surface area contributed by atoms with Crippen LogP contribution in [0, 0.1) is 21.7 Å². The molecule has 1 saturated heterocycles. The van der Waals surface area contributed by atoms with Crippen molar-refractivity contribution >= 4 is 11.4 Å². The molecule has 1 aliphatic rings. The molecule has 0 bridgehead atoms. The molecule has 0 saturated carbocycles. The molecule has 0 aliphatic carbocycles. The third kappa shape index (κ3) is 3.55. The SMILES string of the molecule is O=[N+]([O-])c1ccc(N2CCCC(c3nc(-c4cccc(F)c4)no3)C2)c(F)c1. The fourth-order valence-corrected chi connectivity index (χ4v) is 3.41. The van der Waals surface area contributed by atoms with E-state index in [0.717, 1.165) is 18.9 Å². The lowest BCUT2D eigenvalue weighted by atomic mass is 9.97. The van der Waals surface area contributed by atoms with Crippen LogP contribution in [0.5, 0.6) is 0 Å². The standard InChI is InChI=1S/C19H16F2N4O3/c20-14-5-1-3-12(9-14)18-22-19(28-23-18)13-4-2-8-24(11-13)17-7-6-15(25(26)27)10-16(17)21/h1,3,5-7,9-10,13H,2,4,8,11H2. The van der Waals surface area contributed by atoms with Crippen molar-refractivity contribution in [3.8, 4) is 11.4 Å². The highest BCUT2D eigenvalue weighted by atomic mass is 19.1. The molecule has 1 atom stereocenters. The summed E-state index contributed by atoms with van der Waals surface area (Å²) in [7, 11) is 0. The Bertz CT molecular complexity index is 1020. The van der Waals surface area contributed by atoms with Crippen LogP contribution in [0.3, 0.4) is 0 Å². The Balaban J connectivity index is 1.54. The van der Waals surface area contributed by atoms with Gasteiger partial charge in [-0.15, -0.1) is 0 Å². The van der Waals surface area contributed by atoms with Crippen molar-refractivity contribution in [2.24, 2.45) is 0 Å². The van der Waals surface area contributed by atoms with Gasteiger partial charge in [0.05, 0.1) is 22.6 Å². The summed E-state index contributed by atoms with van der Waals surface area (Å²) in [5.41, 5.74) is 0.538. The number of aromatic nitrogens is 2. The van der Waals surface area contributed by atoms with Crippen molar-refractivity contribution in [3.63, 3.8) is 0 Å². The Morgan fingerprint density at radius 3 is 2.82 bits per heavy atom. The molecule has 1 aliphatic heterocycles. The molecular weight excluding hydrogens is 370 g/mol. The summed E-state index contributed by atoms with van der Waals surface area (Å²) in [6.45, 7) is 1.07. The van der Waals surface area contributed by atoms with Gasteiger partial charge >= 0.3 is 0 Å². The van der Waals surface area contributed by atoms with E-state index in [9.17, 15) is 18.9 Å². The summed E-state index contributed by atoms with van der Waals surface area (Å²) in [4.78, 5) is 16.4. The van der Waals surface area contributed by atoms with Crippen molar-refractivity contribution in [2.75, 3.05) is 18.0 Å². The second kappa shape index (κ2) is 7.34. The minimum atomic E-state index is -0.638. The summed E-state index contributed by atoms with van der Waals surface area (Å²) in [6.07, 6.45) is 1.56. The lowest BCUT2D eigenvalue weighted by Crippen LogP contribution is -2.35. The molecular formula is C19H16F2N4O3. The van der Waals surface area contributed by atoms with Gasteiger partial charge in [0.2, 0.25) is 11.7 Å². The Hall–Kier alpha value is -3.36. The van der Waals surface area contributed by atoms with E-state index in [1.807, 2.05) is 4.90 Å². The second-order valence-electron chi connectivity index (χ2n) is 6.64. The van der Waals surface area contributed by atoms with E-state index in [0.29, 0.717) is 36.1 Å². The Morgan fingerprint density at radius 1 is 1.21 bits per heavy atom. The molecule has 7 nitrogen and oxygen atoms in total. The first-order chi connectivity index (χ1) is 13.5. The lowest BCUT2D eigenvalue weighted by molar-refractivity contribution is -0.385. The van der Waals surface area contributed by atoms with Crippen LogP contribution in [-0.4, -0.2) is 28.2 Å². The summed E-state index contributed by atoms with van der Waals surface area (Å²) >= 11 is 0. The summed E-state index contributed by atoms with van der Waals surface area (Å²) in [6, 6.07) is 9.56. The molecule has 0 radical (unpaired) electrons. The van der Waals surface area contributed by atoms with Gasteiger partial charge in [0.25, 0.3) is 5.69 Å². The van der Waals surface area contributed by atoms with E-state index in [-0.39, 0.29) is 17.4 Å². The first kappa shape index (κ1) is 18.0. The predicted octanol–water partition coefficient (Wildman–Crippen LogP) is 4.31. The second-order valence-corrected chi connectivity index (χ2v) is 6.64. The predicted molar refractivity (Wildman–Crippen MR) is 96.9 cm³/mol. The minimum Gasteiger partial charge on any atom is -0.368 e. The molecule has 9 heteroatoms. The maximum atomic E-state index is 14.4. The number of rotatable bonds is 4. The largest absolute Gasteiger partial charge is 0.368 e. The fraction of sp³-hybridized carbons (Fsp3) is 0.263. The van der Waals surface area contributed by atoms with Crippen LogP contribution in [0.4, 0.5) is 20.2 Å². The van der Waals surface area contributed by atoms with Gasteiger partial charge in [-0.05, 0) is 31.0 Å². The van der Waals surface area contributed by atoms with Crippen LogP contribution in [0.15, 0.2) is 47.0 Å². The summed E-state index contributed by atoms with van der Waals surface area (Å²) in [5.74, 6) is -0.431. The first-order valence-electron chi connectivity index (χ1n) is 8.79. The van der Waals surface area contributed by atoms with E-state index in [2.05, 4.69) is 10.1 Å². The van der Waals surface area contributed by atoms with Gasteiger partial charge in [0.15, 0.2) is 5.82 Å². The number of halogens is 2. The summed E-state index contributed by atoms with van der Waals surface area (Å²) in [5, 5.41) is 14.7. The molecule has 0 spiro atoms. The first-order valence-corrected chi connectivity index (χ1v) is 8.79. The zero-order valence-electron chi connectivity index (χ0n) is 14.7. The van der Waals surface area contributed by atoms with Crippen molar-refractivity contribution < 1.29 is 18.2 Å². The van der Waals surface area contributed by atoms with E-state index in [1.165, 1.54) is 24.3 Å². The van der Waals surface area contributed by atoms with Crippen molar-refractivity contribution in [1.29, 1.82) is 0 Å². The van der Waals surface area contributed by atoms with Gasteiger partial charge < -0.3 is 9.42 Å². The summed E-state index contributed by atoms with van der Waals surface area (Å²) < 4.78 is 33.1. The highest BCUT2D eigenvalue weighted by molar-refractivity contribution is 5.55. The number of piperidine rings is 1. The normalized spacial score (nSPS) is 16.9. The molecule has 144 valence electrons. The molecule has 1 aromatic heterocycles. The third-order valence-electron chi connectivity index (χ3n) is 4.78. The number of nitro groups is 1. The van der Waals surface area contributed by atoms with E-state index in [1.54, 1.807) is 12.1 Å². The average Bonchev–Trinajstić information content (AvgIpc) is 3.18. The average molecular weight is 386 g/mol. The molecule has 1 fully saturated rings. The van der Waals surface area contributed by atoms with Gasteiger partial charge in [-0.2, -0.15) is 4.98 Å². The van der Waals surface area contributed by atoms with Gasteiger partial charge in [-0.25, -0.2) is 8.78 Å². The van der Waals surface area contributed by atoms with Gasteiger partial charge in [0, 0.05) is 24.7 Å². The number of anilines is 1. The number of hydrogen-bond donors (Lipinski definition) is 0. The van der Waals surface area contributed by atoms with Gasteiger partial charge in [-0.3, -0.25) is 10.1 Å². The Labute approximate surface area is 158 Å². The monoisotopic (exact) mass is 386 g/mol. The highest BCUT2D eigenvalue weighted by Gasteiger charge is 2.28. The maximum absolute atomic E-state index is 14.4. The zero-order chi connectivity index (χ0) is 19.7. The van der Waals surface area contributed by atoms with Gasteiger partial charge in [-0.1, -0.05) is 17.3 Å². The smallest absolute Gasteiger partial charge is 0.272 e. The molecule has 1 unspecified atom stereocenters. The quantitative estimate of drug-likeness (QED) is 0.491. The fourth-order valence-electron chi connectivity index (χ4n) is 3.41. The molecule has 3 aromatic rings. The molecule has 2 aromatic carbocycles. The Morgan fingerprint density at radius 2 is 2.07 bits per heavy atom. The van der Waals surface area contributed by atoms with Crippen LogP contribution in [-0.2, 0) is 0 Å².